The van der Waals surface area contributed by atoms with E-state index in [-0.39, 0.29) is 11.8 Å². The molecule has 1 atom stereocenters. The quantitative estimate of drug-likeness (QED) is 0.719. The van der Waals surface area contributed by atoms with Crippen LogP contribution in [-0.4, -0.2) is 35.3 Å². The van der Waals surface area contributed by atoms with Crippen molar-refractivity contribution in [3.63, 3.8) is 0 Å². The van der Waals surface area contributed by atoms with Crippen molar-refractivity contribution >= 4 is 5.97 Å². The van der Waals surface area contributed by atoms with Crippen molar-refractivity contribution in [1.29, 1.82) is 0 Å². The Hall–Kier alpha value is -1.49. The van der Waals surface area contributed by atoms with Gasteiger partial charge >= 0.3 is 5.97 Å². The summed E-state index contributed by atoms with van der Waals surface area (Å²) in [6.07, 6.45) is 7.59. The second-order valence-corrected chi connectivity index (χ2v) is 3.68. The molecule has 0 spiro atoms. The van der Waals surface area contributed by atoms with E-state index < -0.39 is 5.97 Å². The van der Waals surface area contributed by atoms with Crippen LogP contribution in [0, 0.1) is 0 Å². The molecular formula is C11H14N2O3. The standard InChI is InChI=1S/C11H14N2O3/c14-11(10-7-12-4-5-13-10)16-8-9-3-1-2-6-15-9/h4-5,7,9H,1-3,6,8H2/t9-/m1/s1. The van der Waals surface area contributed by atoms with E-state index in [4.69, 9.17) is 9.47 Å². The lowest BCUT2D eigenvalue weighted by molar-refractivity contribution is -0.0302. The SMILES string of the molecule is O=C(OC[C@H]1CCCCO1)c1cnccn1. The maximum atomic E-state index is 11.5. The highest BCUT2D eigenvalue weighted by molar-refractivity contribution is 5.86. The smallest absolute Gasteiger partial charge is 0.358 e. The molecule has 1 aliphatic rings. The third-order valence-corrected chi connectivity index (χ3v) is 2.45. The summed E-state index contributed by atoms with van der Waals surface area (Å²) in [5, 5.41) is 0. The summed E-state index contributed by atoms with van der Waals surface area (Å²) in [4.78, 5) is 19.2. The molecule has 1 aliphatic heterocycles. The minimum absolute atomic E-state index is 0.0365. The summed E-state index contributed by atoms with van der Waals surface area (Å²) in [6, 6.07) is 0. The zero-order valence-electron chi connectivity index (χ0n) is 8.96. The molecule has 1 fully saturated rings. The van der Waals surface area contributed by atoms with Crippen molar-refractivity contribution in [1.82, 2.24) is 9.97 Å². The molecule has 0 unspecified atom stereocenters. The Morgan fingerprint density at radius 3 is 3.12 bits per heavy atom. The summed E-state index contributed by atoms with van der Waals surface area (Å²) >= 11 is 0. The van der Waals surface area contributed by atoms with E-state index in [1.54, 1.807) is 0 Å². The van der Waals surface area contributed by atoms with Gasteiger partial charge in [-0.2, -0.15) is 0 Å². The first-order chi connectivity index (χ1) is 7.86. The highest BCUT2D eigenvalue weighted by Crippen LogP contribution is 2.13. The Labute approximate surface area is 93.8 Å². The summed E-state index contributed by atoms with van der Waals surface area (Å²) < 4.78 is 10.6. The third kappa shape index (κ3) is 3.00. The number of aromatic nitrogens is 2. The van der Waals surface area contributed by atoms with Crippen LogP contribution in [0.2, 0.25) is 0 Å². The molecule has 0 N–H and O–H groups in total. The highest BCUT2D eigenvalue weighted by atomic mass is 16.6. The second-order valence-electron chi connectivity index (χ2n) is 3.68. The average molecular weight is 222 g/mol. The molecule has 0 bridgehead atoms. The fraction of sp³-hybridized carbons (Fsp3) is 0.545. The van der Waals surface area contributed by atoms with Crippen molar-refractivity contribution in [3.8, 4) is 0 Å². The van der Waals surface area contributed by atoms with Crippen LogP contribution in [0.1, 0.15) is 29.8 Å². The van der Waals surface area contributed by atoms with Gasteiger partial charge in [-0.25, -0.2) is 9.78 Å². The second kappa shape index (κ2) is 5.55. The fourth-order valence-electron chi connectivity index (χ4n) is 1.59. The van der Waals surface area contributed by atoms with Gasteiger partial charge in [0.1, 0.15) is 6.61 Å². The number of esters is 1. The molecule has 2 heterocycles. The van der Waals surface area contributed by atoms with Crippen LogP contribution in [-0.2, 0) is 9.47 Å². The Kier molecular flexibility index (Phi) is 3.82. The van der Waals surface area contributed by atoms with Gasteiger partial charge in [0.15, 0.2) is 5.69 Å². The summed E-state index contributed by atoms with van der Waals surface area (Å²) in [7, 11) is 0. The molecular weight excluding hydrogens is 208 g/mol. The number of carbonyl (C=O) groups is 1. The van der Waals surface area contributed by atoms with Crippen molar-refractivity contribution in [3.05, 3.63) is 24.3 Å². The van der Waals surface area contributed by atoms with Gasteiger partial charge in [-0.1, -0.05) is 0 Å². The zero-order chi connectivity index (χ0) is 11.2. The van der Waals surface area contributed by atoms with Crippen molar-refractivity contribution in [2.45, 2.75) is 25.4 Å². The Bertz CT molecular complexity index is 336. The normalized spacial score (nSPS) is 20.4. The molecule has 16 heavy (non-hydrogen) atoms. The number of hydrogen-bond donors (Lipinski definition) is 0. The van der Waals surface area contributed by atoms with Gasteiger partial charge in [-0.05, 0) is 19.3 Å². The van der Waals surface area contributed by atoms with Crippen LogP contribution in [0.4, 0.5) is 0 Å². The van der Waals surface area contributed by atoms with Crippen molar-refractivity contribution in [2.75, 3.05) is 13.2 Å². The fourth-order valence-corrected chi connectivity index (χ4v) is 1.59. The maximum Gasteiger partial charge on any atom is 0.358 e. The van der Waals surface area contributed by atoms with E-state index in [0.717, 1.165) is 25.9 Å². The maximum absolute atomic E-state index is 11.5. The number of hydrogen-bond acceptors (Lipinski definition) is 5. The first-order valence-corrected chi connectivity index (χ1v) is 5.41. The Balaban J connectivity index is 1.79. The summed E-state index contributed by atoms with van der Waals surface area (Å²) in [5.41, 5.74) is 0.235. The molecule has 2 rings (SSSR count). The molecule has 0 aliphatic carbocycles. The van der Waals surface area contributed by atoms with E-state index in [2.05, 4.69) is 9.97 Å². The van der Waals surface area contributed by atoms with Gasteiger partial charge in [0, 0.05) is 19.0 Å². The molecule has 1 aromatic heterocycles. The zero-order valence-corrected chi connectivity index (χ0v) is 8.96. The minimum Gasteiger partial charge on any atom is -0.458 e. The lowest BCUT2D eigenvalue weighted by atomic mass is 10.1. The topological polar surface area (TPSA) is 61.3 Å². The van der Waals surface area contributed by atoms with E-state index in [0.29, 0.717) is 6.61 Å². The van der Waals surface area contributed by atoms with Crippen LogP contribution in [0.3, 0.4) is 0 Å². The molecule has 0 radical (unpaired) electrons. The number of ether oxygens (including phenoxy) is 2. The van der Waals surface area contributed by atoms with Crippen LogP contribution in [0.5, 0.6) is 0 Å². The highest BCUT2D eigenvalue weighted by Gasteiger charge is 2.17. The molecule has 1 aromatic rings. The van der Waals surface area contributed by atoms with Crippen LogP contribution < -0.4 is 0 Å². The van der Waals surface area contributed by atoms with Crippen molar-refractivity contribution in [2.24, 2.45) is 0 Å². The third-order valence-electron chi connectivity index (χ3n) is 2.45. The number of carbonyl (C=O) groups excluding carboxylic acids is 1. The average Bonchev–Trinajstić information content (AvgIpc) is 2.38. The number of rotatable bonds is 3. The van der Waals surface area contributed by atoms with Crippen molar-refractivity contribution < 1.29 is 14.3 Å². The molecule has 0 aromatic carbocycles. The van der Waals surface area contributed by atoms with E-state index in [1.165, 1.54) is 18.6 Å². The van der Waals surface area contributed by atoms with Crippen LogP contribution in [0.15, 0.2) is 18.6 Å². The Morgan fingerprint density at radius 2 is 2.44 bits per heavy atom. The van der Waals surface area contributed by atoms with Gasteiger partial charge in [0.25, 0.3) is 0 Å². The van der Waals surface area contributed by atoms with Gasteiger partial charge in [0.2, 0.25) is 0 Å². The molecule has 0 saturated carbocycles. The molecule has 0 amide bonds. The van der Waals surface area contributed by atoms with E-state index in [1.807, 2.05) is 0 Å². The monoisotopic (exact) mass is 222 g/mol. The molecule has 86 valence electrons. The van der Waals surface area contributed by atoms with Gasteiger partial charge < -0.3 is 9.47 Å². The lowest BCUT2D eigenvalue weighted by Crippen LogP contribution is -2.26. The molecule has 1 saturated heterocycles. The lowest BCUT2D eigenvalue weighted by Gasteiger charge is -2.21. The van der Waals surface area contributed by atoms with Crippen LogP contribution >= 0.6 is 0 Å². The predicted octanol–water partition coefficient (Wildman–Crippen LogP) is 1.20. The summed E-state index contributed by atoms with van der Waals surface area (Å²) in [5.74, 6) is -0.442. The first-order valence-electron chi connectivity index (χ1n) is 5.41. The van der Waals surface area contributed by atoms with Gasteiger partial charge in [0.05, 0.1) is 12.3 Å². The van der Waals surface area contributed by atoms with Crippen LogP contribution in [0.25, 0.3) is 0 Å². The minimum atomic E-state index is -0.442. The molecule has 5 heteroatoms. The van der Waals surface area contributed by atoms with E-state index >= 15 is 0 Å². The summed E-state index contributed by atoms with van der Waals surface area (Å²) in [6.45, 7) is 1.06. The molecule has 5 nitrogen and oxygen atoms in total. The first kappa shape index (κ1) is 11.0. The Morgan fingerprint density at radius 1 is 1.50 bits per heavy atom. The predicted molar refractivity (Wildman–Crippen MR) is 55.9 cm³/mol. The number of nitrogens with zero attached hydrogens (tertiary/aromatic N) is 2. The van der Waals surface area contributed by atoms with Gasteiger partial charge in [-0.3, -0.25) is 4.98 Å². The van der Waals surface area contributed by atoms with E-state index in [9.17, 15) is 4.79 Å². The largest absolute Gasteiger partial charge is 0.458 e. The van der Waals surface area contributed by atoms with Gasteiger partial charge in [-0.15, -0.1) is 0 Å².